The van der Waals surface area contributed by atoms with Gasteiger partial charge < -0.3 is 19.6 Å². The molecule has 1 heterocycles. The third-order valence-corrected chi connectivity index (χ3v) is 7.29. The van der Waals surface area contributed by atoms with Crippen molar-refractivity contribution in [2.45, 2.75) is 25.5 Å². The molecule has 40 heavy (non-hydrogen) atoms. The van der Waals surface area contributed by atoms with Crippen molar-refractivity contribution < 1.29 is 19.4 Å². The fourth-order valence-electron chi connectivity index (χ4n) is 4.93. The average Bonchev–Trinajstić information content (AvgIpc) is 2.97. The normalized spacial score (nSPS) is 14.2. The van der Waals surface area contributed by atoms with Crippen LogP contribution in [0.3, 0.4) is 0 Å². The maximum atomic E-state index is 12.9. The zero-order valence-electron chi connectivity index (χ0n) is 23.5. The SMILES string of the molecule is CN(CCO)Cc1ccc(C(=O)N(C)CCN2CCC(OC(=O)Nc3ccccc3-c3ccccc3)CC2)cc1. The molecule has 1 fully saturated rings. The Morgan fingerprint density at radius 1 is 0.925 bits per heavy atom. The molecule has 1 saturated heterocycles. The molecule has 2 N–H and O–H groups in total. The van der Waals surface area contributed by atoms with Crippen LogP contribution in [0, 0.1) is 0 Å². The summed E-state index contributed by atoms with van der Waals surface area (Å²) in [5.41, 5.74) is 4.49. The number of aliphatic hydroxyl groups excluding tert-OH is 1. The molecular weight excluding hydrogens is 504 g/mol. The van der Waals surface area contributed by atoms with Gasteiger partial charge in [-0.05, 0) is 49.2 Å². The molecule has 0 atom stereocenters. The number of likely N-dealkylation sites (tertiary alicyclic amines) is 1. The van der Waals surface area contributed by atoms with Gasteiger partial charge in [0.25, 0.3) is 5.91 Å². The summed E-state index contributed by atoms with van der Waals surface area (Å²) >= 11 is 0. The van der Waals surface area contributed by atoms with E-state index in [0.29, 0.717) is 18.7 Å². The number of hydrogen-bond donors (Lipinski definition) is 2. The number of aliphatic hydroxyl groups is 1. The van der Waals surface area contributed by atoms with Gasteiger partial charge >= 0.3 is 6.09 Å². The molecule has 1 aliphatic heterocycles. The number of nitrogens with one attached hydrogen (secondary N) is 1. The first-order valence-corrected chi connectivity index (χ1v) is 13.9. The molecule has 8 nitrogen and oxygen atoms in total. The molecule has 4 rings (SSSR count). The van der Waals surface area contributed by atoms with Crippen molar-refractivity contribution in [2.24, 2.45) is 0 Å². The number of likely N-dealkylation sites (N-methyl/N-ethyl adjacent to an activating group) is 2. The van der Waals surface area contributed by atoms with Crippen LogP contribution in [0.25, 0.3) is 11.1 Å². The van der Waals surface area contributed by atoms with Crippen LogP contribution in [0.5, 0.6) is 0 Å². The first-order valence-electron chi connectivity index (χ1n) is 13.9. The highest BCUT2D eigenvalue weighted by Gasteiger charge is 2.23. The van der Waals surface area contributed by atoms with Crippen LogP contribution in [-0.4, -0.2) is 91.3 Å². The number of carbonyl (C=O) groups excluding carboxylic acids is 2. The van der Waals surface area contributed by atoms with Crippen molar-refractivity contribution in [3.05, 3.63) is 90.0 Å². The van der Waals surface area contributed by atoms with Crippen molar-refractivity contribution in [3.63, 3.8) is 0 Å². The predicted molar refractivity (Wildman–Crippen MR) is 158 cm³/mol. The molecule has 3 aromatic rings. The van der Waals surface area contributed by atoms with Crippen LogP contribution in [0.15, 0.2) is 78.9 Å². The number of nitrogens with zero attached hydrogens (tertiary/aromatic N) is 3. The van der Waals surface area contributed by atoms with E-state index in [0.717, 1.165) is 61.4 Å². The van der Waals surface area contributed by atoms with Gasteiger partial charge in [0.2, 0.25) is 0 Å². The molecule has 8 heteroatoms. The number of para-hydroxylation sites is 1. The Morgan fingerprint density at radius 3 is 2.30 bits per heavy atom. The summed E-state index contributed by atoms with van der Waals surface area (Å²) in [6.45, 7) is 4.50. The van der Waals surface area contributed by atoms with E-state index in [9.17, 15) is 9.59 Å². The van der Waals surface area contributed by atoms with E-state index < -0.39 is 6.09 Å². The van der Waals surface area contributed by atoms with Gasteiger partial charge in [0.1, 0.15) is 6.10 Å². The fraction of sp³-hybridized carbons (Fsp3) is 0.375. The molecule has 0 aromatic heterocycles. The van der Waals surface area contributed by atoms with Gasteiger partial charge in [0, 0.05) is 57.4 Å². The summed E-state index contributed by atoms with van der Waals surface area (Å²) in [5.74, 6) is 0.000868. The minimum atomic E-state index is -0.432. The molecule has 0 saturated carbocycles. The van der Waals surface area contributed by atoms with Crippen molar-refractivity contribution in [1.29, 1.82) is 0 Å². The zero-order chi connectivity index (χ0) is 28.3. The van der Waals surface area contributed by atoms with Gasteiger partial charge in [-0.1, -0.05) is 60.7 Å². The monoisotopic (exact) mass is 544 g/mol. The molecule has 3 aromatic carbocycles. The van der Waals surface area contributed by atoms with Crippen molar-refractivity contribution in [2.75, 3.05) is 58.7 Å². The molecule has 0 bridgehead atoms. The maximum absolute atomic E-state index is 12.9. The van der Waals surface area contributed by atoms with Crippen molar-refractivity contribution >= 4 is 17.7 Å². The zero-order valence-corrected chi connectivity index (χ0v) is 23.5. The molecule has 0 spiro atoms. The predicted octanol–water partition coefficient (Wildman–Crippen LogP) is 4.56. The van der Waals surface area contributed by atoms with Gasteiger partial charge in [0.15, 0.2) is 0 Å². The average molecular weight is 545 g/mol. The van der Waals surface area contributed by atoms with Gasteiger partial charge in [-0.3, -0.25) is 15.0 Å². The number of amides is 2. The molecule has 212 valence electrons. The maximum Gasteiger partial charge on any atom is 0.411 e. The minimum Gasteiger partial charge on any atom is -0.446 e. The second-order valence-electron chi connectivity index (χ2n) is 10.4. The third kappa shape index (κ3) is 8.39. The minimum absolute atomic E-state index is 0.000868. The highest BCUT2D eigenvalue weighted by Crippen LogP contribution is 2.28. The fourth-order valence-corrected chi connectivity index (χ4v) is 4.93. The van der Waals surface area contributed by atoms with E-state index in [1.54, 1.807) is 4.90 Å². The second kappa shape index (κ2) is 14.6. The second-order valence-corrected chi connectivity index (χ2v) is 10.4. The summed E-state index contributed by atoms with van der Waals surface area (Å²) in [6, 6.07) is 25.4. The lowest BCUT2D eigenvalue weighted by Crippen LogP contribution is -2.42. The lowest BCUT2D eigenvalue weighted by molar-refractivity contribution is 0.0540. The highest BCUT2D eigenvalue weighted by atomic mass is 16.6. The van der Waals surface area contributed by atoms with Crippen LogP contribution in [-0.2, 0) is 11.3 Å². The quantitative estimate of drug-likeness (QED) is 0.368. The lowest BCUT2D eigenvalue weighted by Gasteiger charge is -2.32. The number of anilines is 1. The van der Waals surface area contributed by atoms with Gasteiger partial charge in [0.05, 0.1) is 12.3 Å². The van der Waals surface area contributed by atoms with Crippen LogP contribution in [0.4, 0.5) is 10.5 Å². The number of hydrogen-bond acceptors (Lipinski definition) is 6. The molecule has 2 amide bonds. The highest BCUT2D eigenvalue weighted by molar-refractivity contribution is 5.94. The first kappa shape index (κ1) is 29.3. The molecular formula is C32H40N4O4. The largest absolute Gasteiger partial charge is 0.446 e. The Bertz CT molecular complexity index is 1230. The molecule has 0 radical (unpaired) electrons. The summed E-state index contributed by atoms with van der Waals surface area (Å²) in [5, 5.41) is 12.0. The summed E-state index contributed by atoms with van der Waals surface area (Å²) in [4.78, 5) is 31.7. The molecule has 0 unspecified atom stereocenters. The third-order valence-electron chi connectivity index (χ3n) is 7.29. The summed E-state index contributed by atoms with van der Waals surface area (Å²) in [7, 11) is 3.79. The van der Waals surface area contributed by atoms with Crippen molar-refractivity contribution in [3.8, 4) is 11.1 Å². The Hall–Kier alpha value is -3.72. The molecule has 0 aliphatic carbocycles. The summed E-state index contributed by atoms with van der Waals surface area (Å²) < 4.78 is 5.75. The molecule has 1 aliphatic rings. The van der Waals surface area contributed by atoms with Gasteiger partial charge in [-0.25, -0.2) is 4.79 Å². The van der Waals surface area contributed by atoms with Gasteiger partial charge in [-0.2, -0.15) is 0 Å². The Balaban J connectivity index is 1.18. The smallest absolute Gasteiger partial charge is 0.411 e. The number of rotatable bonds is 11. The Kier molecular flexibility index (Phi) is 10.7. The van der Waals surface area contributed by atoms with E-state index in [4.69, 9.17) is 9.84 Å². The van der Waals surface area contributed by atoms with Crippen LogP contribution < -0.4 is 5.32 Å². The standard InChI is InChI=1S/C32H40N4O4/c1-34(22-23-37)24-25-12-14-27(15-13-25)31(38)35(2)20-21-36-18-16-28(17-19-36)40-32(39)33-30-11-7-6-10-29(30)26-8-4-3-5-9-26/h3-15,28,37H,16-24H2,1-2H3,(H,33,39). The van der Waals surface area contributed by atoms with Crippen LogP contribution in [0.2, 0.25) is 0 Å². The lowest BCUT2D eigenvalue weighted by atomic mass is 10.0. The van der Waals surface area contributed by atoms with Crippen LogP contribution in [0.1, 0.15) is 28.8 Å². The van der Waals surface area contributed by atoms with Crippen LogP contribution >= 0.6 is 0 Å². The van der Waals surface area contributed by atoms with E-state index >= 15 is 0 Å². The Morgan fingerprint density at radius 2 is 1.60 bits per heavy atom. The number of piperidine rings is 1. The van der Waals surface area contributed by atoms with Gasteiger partial charge in [-0.15, -0.1) is 0 Å². The number of carbonyl (C=O) groups is 2. The van der Waals surface area contributed by atoms with E-state index in [-0.39, 0.29) is 18.6 Å². The Labute approximate surface area is 237 Å². The summed E-state index contributed by atoms with van der Waals surface area (Å²) in [6.07, 6.45) is 0.961. The van der Waals surface area contributed by atoms with E-state index in [1.807, 2.05) is 97.9 Å². The number of benzene rings is 3. The van der Waals surface area contributed by atoms with E-state index in [1.165, 1.54) is 0 Å². The van der Waals surface area contributed by atoms with E-state index in [2.05, 4.69) is 10.2 Å². The van der Waals surface area contributed by atoms with Crippen molar-refractivity contribution in [1.82, 2.24) is 14.7 Å². The number of ether oxygens (including phenoxy) is 1. The first-order chi connectivity index (χ1) is 19.4. The topological polar surface area (TPSA) is 85.3 Å².